The fourth-order valence-corrected chi connectivity index (χ4v) is 2.26. The summed E-state index contributed by atoms with van der Waals surface area (Å²) in [6.07, 6.45) is -7.08. The monoisotopic (exact) mass is 425 g/mol. The Kier molecular flexibility index (Phi) is 6.83. The van der Waals surface area contributed by atoms with Gasteiger partial charge in [-0.25, -0.2) is 13.2 Å². The highest BCUT2D eigenvalue weighted by Gasteiger charge is 2.86. The van der Waals surface area contributed by atoms with Crippen LogP contribution in [0.15, 0.2) is 12.2 Å². The Morgan fingerprint density at radius 3 is 1.77 bits per heavy atom. The van der Waals surface area contributed by atoms with Crippen LogP contribution in [-0.4, -0.2) is 49.2 Å². The quantitative estimate of drug-likeness (QED) is 0.339. The maximum absolute atomic E-state index is 13.5. The molecule has 0 saturated carbocycles. The van der Waals surface area contributed by atoms with Crippen LogP contribution in [0.4, 0.5) is 39.5 Å². The van der Waals surface area contributed by atoms with Crippen molar-refractivity contribution < 1.29 is 57.6 Å². The molecule has 0 atom stereocenters. The standard InChI is InChI=1S/C11H12F9NO4S/c1-4-5-6(2)7(22)25-21(3)26(23,24)11(19,20)9(14,15)8(12,13)10(16,17)18/h2,4-5H2,1,3H3. The van der Waals surface area contributed by atoms with E-state index in [-0.39, 0.29) is 19.9 Å². The molecular formula is C11H12F9NO4S. The van der Waals surface area contributed by atoms with Crippen molar-refractivity contribution in [2.75, 3.05) is 7.05 Å². The number of alkyl halides is 9. The van der Waals surface area contributed by atoms with Gasteiger partial charge in [0.2, 0.25) is 0 Å². The Balaban J connectivity index is 5.89. The molecule has 0 radical (unpaired) electrons. The molecule has 0 fully saturated rings. The van der Waals surface area contributed by atoms with E-state index < -0.39 is 49.3 Å². The molecule has 5 nitrogen and oxygen atoms in total. The molecule has 0 amide bonds. The second-order valence-corrected chi connectivity index (χ2v) is 6.79. The van der Waals surface area contributed by atoms with Crippen molar-refractivity contribution in [1.29, 1.82) is 0 Å². The average molecular weight is 425 g/mol. The normalized spacial score (nSPS) is 14.5. The summed E-state index contributed by atoms with van der Waals surface area (Å²) < 4.78 is 136. The van der Waals surface area contributed by atoms with Crippen LogP contribution in [0.2, 0.25) is 0 Å². The van der Waals surface area contributed by atoms with Crippen LogP contribution in [0.5, 0.6) is 0 Å². The van der Waals surface area contributed by atoms with E-state index in [1.165, 1.54) is 6.92 Å². The number of carbonyl (C=O) groups excluding carboxylic acids is 1. The van der Waals surface area contributed by atoms with Crippen LogP contribution in [0, 0.1) is 0 Å². The Hall–Kier alpha value is -1.51. The predicted molar refractivity (Wildman–Crippen MR) is 67.7 cm³/mol. The van der Waals surface area contributed by atoms with Gasteiger partial charge in [-0.3, -0.25) is 0 Å². The van der Waals surface area contributed by atoms with Crippen LogP contribution >= 0.6 is 0 Å². The summed E-state index contributed by atoms with van der Waals surface area (Å²) in [4.78, 5) is 15.1. The summed E-state index contributed by atoms with van der Waals surface area (Å²) in [6.45, 7) is 4.57. The fraction of sp³-hybridized carbons (Fsp3) is 0.727. The van der Waals surface area contributed by atoms with E-state index in [2.05, 4.69) is 11.4 Å². The Labute approximate surface area is 141 Å². The van der Waals surface area contributed by atoms with E-state index >= 15 is 0 Å². The molecule has 0 aliphatic carbocycles. The zero-order chi connectivity index (χ0) is 21.4. The van der Waals surface area contributed by atoms with Crippen molar-refractivity contribution >= 4 is 16.0 Å². The summed E-state index contributed by atoms with van der Waals surface area (Å²) in [5.41, 5.74) is -0.495. The number of hydrogen-bond donors (Lipinski definition) is 0. The van der Waals surface area contributed by atoms with Crippen molar-refractivity contribution in [3.8, 4) is 0 Å². The van der Waals surface area contributed by atoms with Crippen LogP contribution in [0.1, 0.15) is 19.8 Å². The zero-order valence-electron chi connectivity index (χ0n) is 13.0. The topological polar surface area (TPSA) is 63.7 Å². The Morgan fingerprint density at radius 1 is 1.00 bits per heavy atom. The van der Waals surface area contributed by atoms with E-state index in [0.717, 1.165) is 0 Å². The lowest BCUT2D eigenvalue weighted by Gasteiger charge is -2.34. The molecule has 154 valence electrons. The highest BCUT2D eigenvalue weighted by Crippen LogP contribution is 2.55. The van der Waals surface area contributed by atoms with Gasteiger partial charge in [-0.15, -0.1) is 0 Å². The molecule has 26 heavy (non-hydrogen) atoms. The minimum absolute atomic E-state index is 0.0673. The van der Waals surface area contributed by atoms with Gasteiger partial charge in [0.15, 0.2) is 0 Å². The highest BCUT2D eigenvalue weighted by atomic mass is 32.2. The third kappa shape index (κ3) is 3.92. The SMILES string of the molecule is C=C(CCC)C(=O)ON(C)S(=O)(=O)C(F)(F)C(F)(F)C(F)(F)C(F)(F)F. The van der Waals surface area contributed by atoms with Crippen LogP contribution < -0.4 is 0 Å². The molecule has 0 spiro atoms. The zero-order valence-corrected chi connectivity index (χ0v) is 13.8. The molecule has 0 unspecified atom stereocenters. The van der Waals surface area contributed by atoms with Gasteiger partial charge in [-0.05, 0) is 10.9 Å². The summed E-state index contributed by atoms with van der Waals surface area (Å²) in [5, 5.41) is -6.99. The van der Waals surface area contributed by atoms with Crippen LogP contribution in [0.3, 0.4) is 0 Å². The average Bonchev–Trinajstić information content (AvgIpc) is 2.45. The molecule has 0 aromatic rings. The molecule has 0 N–H and O–H groups in total. The van der Waals surface area contributed by atoms with E-state index in [4.69, 9.17) is 0 Å². The molecule has 0 aromatic carbocycles. The van der Waals surface area contributed by atoms with E-state index in [1.807, 2.05) is 0 Å². The number of nitrogens with zero attached hydrogens (tertiary/aromatic N) is 1. The smallest absolute Gasteiger partial charge is 0.349 e. The molecule has 0 bridgehead atoms. The molecule has 0 saturated heterocycles. The van der Waals surface area contributed by atoms with Gasteiger partial charge in [-0.1, -0.05) is 19.9 Å². The number of sulfonamides is 1. The minimum atomic E-state index is -7.42. The van der Waals surface area contributed by atoms with E-state index in [0.29, 0.717) is 0 Å². The van der Waals surface area contributed by atoms with Crippen molar-refractivity contribution in [3.05, 3.63) is 12.2 Å². The largest absolute Gasteiger partial charge is 0.460 e. The molecule has 0 aliphatic rings. The third-order valence-electron chi connectivity index (χ3n) is 2.83. The van der Waals surface area contributed by atoms with Gasteiger partial charge in [0.1, 0.15) is 0 Å². The molecule has 0 rings (SSSR count). The summed E-state index contributed by atoms with van der Waals surface area (Å²) >= 11 is 0. The first kappa shape index (κ1) is 24.5. The lowest BCUT2D eigenvalue weighted by atomic mass is 10.1. The van der Waals surface area contributed by atoms with Gasteiger partial charge >= 0.3 is 39.3 Å². The van der Waals surface area contributed by atoms with Gasteiger partial charge < -0.3 is 4.84 Å². The van der Waals surface area contributed by atoms with Gasteiger partial charge in [-0.2, -0.15) is 39.5 Å². The number of hydroxylamine groups is 1. The van der Waals surface area contributed by atoms with E-state index in [9.17, 15) is 52.7 Å². The second-order valence-electron chi connectivity index (χ2n) is 4.81. The summed E-state index contributed by atoms with van der Waals surface area (Å²) in [5.74, 6) is -16.5. The van der Waals surface area contributed by atoms with Gasteiger partial charge in [0, 0.05) is 12.6 Å². The van der Waals surface area contributed by atoms with Crippen molar-refractivity contribution in [2.45, 2.75) is 43.0 Å². The van der Waals surface area contributed by atoms with Crippen molar-refractivity contribution in [2.24, 2.45) is 0 Å². The van der Waals surface area contributed by atoms with Gasteiger partial charge in [0.05, 0.1) is 0 Å². The maximum atomic E-state index is 13.5. The summed E-state index contributed by atoms with van der Waals surface area (Å²) in [7, 11) is -7.06. The fourth-order valence-electron chi connectivity index (χ4n) is 1.32. The predicted octanol–water partition coefficient (Wildman–Crippen LogP) is 3.49. The van der Waals surface area contributed by atoms with Crippen LogP contribution in [-0.2, 0) is 19.7 Å². The number of hydrogen-bond acceptors (Lipinski definition) is 4. The molecule has 0 aliphatic heterocycles. The van der Waals surface area contributed by atoms with Crippen molar-refractivity contribution in [1.82, 2.24) is 4.47 Å². The third-order valence-corrected chi connectivity index (χ3v) is 4.49. The number of rotatable bonds is 8. The Morgan fingerprint density at radius 2 is 1.42 bits per heavy atom. The molecule has 15 heteroatoms. The Bertz CT molecular complexity index is 657. The van der Waals surface area contributed by atoms with Crippen LogP contribution in [0.25, 0.3) is 0 Å². The first-order valence-electron chi connectivity index (χ1n) is 6.37. The lowest BCUT2D eigenvalue weighted by Crippen LogP contribution is -2.65. The molecule has 0 heterocycles. The van der Waals surface area contributed by atoms with E-state index in [1.54, 1.807) is 0 Å². The van der Waals surface area contributed by atoms with Gasteiger partial charge in [0.25, 0.3) is 0 Å². The minimum Gasteiger partial charge on any atom is -0.349 e. The first-order valence-corrected chi connectivity index (χ1v) is 7.81. The lowest BCUT2D eigenvalue weighted by molar-refractivity contribution is -0.382. The first-order chi connectivity index (χ1) is 11.3. The second kappa shape index (κ2) is 7.25. The van der Waals surface area contributed by atoms with Crippen molar-refractivity contribution in [3.63, 3.8) is 0 Å². The molecular weight excluding hydrogens is 413 g/mol. The number of halogens is 9. The summed E-state index contributed by atoms with van der Waals surface area (Å²) in [6, 6.07) is 0. The number of carbonyl (C=O) groups is 1. The highest BCUT2D eigenvalue weighted by molar-refractivity contribution is 7.90. The maximum Gasteiger partial charge on any atom is 0.460 e. The molecule has 0 aromatic heterocycles.